The average Bonchev–Trinajstić information content (AvgIpc) is 3.29. The number of aromatic nitrogens is 1. The lowest BCUT2D eigenvalue weighted by Crippen LogP contribution is -2.16. The summed E-state index contributed by atoms with van der Waals surface area (Å²) in [5.41, 5.74) is 1.77. The number of carbonyl (C=O) groups is 1. The normalized spacial score (nSPS) is 19.4. The van der Waals surface area contributed by atoms with Crippen molar-refractivity contribution in [3.05, 3.63) is 40.4 Å². The van der Waals surface area contributed by atoms with Crippen LogP contribution in [0.5, 0.6) is 5.75 Å². The van der Waals surface area contributed by atoms with Crippen LogP contribution in [-0.4, -0.2) is 30.2 Å². The van der Waals surface area contributed by atoms with Crippen LogP contribution in [0.2, 0.25) is 0 Å². The molecule has 2 aliphatic rings. The van der Waals surface area contributed by atoms with Crippen LogP contribution in [0.15, 0.2) is 24.3 Å². The van der Waals surface area contributed by atoms with Gasteiger partial charge in [0.15, 0.2) is 5.13 Å². The third-order valence-electron chi connectivity index (χ3n) is 4.64. The molecule has 25 heavy (non-hydrogen) atoms. The summed E-state index contributed by atoms with van der Waals surface area (Å²) >= 11 is 1.60. The van der Waals surface area contributed by atoms with E-state index in [-0.39, 0.29) is 12.0 Å². The average molecular weight is 358 g/mol. The quantitative estimate of drug-likeness (QED) is 0.882. The zero-order chi connectivity index (χ0) is 17.1. The van der Waals surface area contributed by atoms with Crippen molar-refractivity contribution in [2.45, 2.75) is 44.6 Å². The van der Waals surface area contributed by atoms with E-state index >= 15 is 0 Å². The lowest BCUT2D eigenvalue weighted by molar-refractivity contribution is 0.0679. The number of anilines is 1. The molecule has 1 saturated heterocycles. The smallest absolute Gasteiger partial charge is 0.257 e. The van der Waals surface area contributed by atoms with Gasteiger partial charge in [-0.15, -0.1) is 11.3 Å². The maximum atomic E-state index is 12.4. The van der Waals surface area contributed by atoms with Gasteiger partial charge in [0.2, 0.25) is 0 Å². The molecular formula is C19H22N2O3S. The van der Waals surface area contributed by atoms with Crippen LogP contribution in [0.3, 0.4) is 0 Å². The van der Waals surface area contributed by atoms with E-state index in [1.54, 1.807) is 23.5 Å². The number of benzene rings is 1. The molecule has 1 aromatic carbocycles. The Balaban J connectivity index is 1.34. The standard InChI is InChI=1S/C19H22N2O3S/c22-18(21-19-20-16-5-1-2-6-17(16)25-19)13-7-9-14(10-8-13)24-12-15-4-3-11-23-15/h7-10,15H,1-6,11-12H2,(H,20,21,22)/t15-/m0/s1. The zero-order valence-electron chi connectivity index (χ0n) is 14.1. The van der Waals surface area contributed by atoms with Crippen molar-refractivity contribution in [3.63, 3.8) is 0 Å². The molecule has 0 radical (unpaired) electrons. The topological polar surface area (TPSA) is 60.5 Å². The van der Waals surface area contributed by atoms with E-state index in [9.17, 15) is 4.79 Å². The van der Waals surface area contributed by atoms with E-state index in [1.165, 1.54) is 17.7 Å². The molecule has 2 heterocycles. The van der Waals surface area contributed by atoms with Gasteiger partial charge in [0.25, 0.3) is 5.91 Å². The Hall–Kier alpha value is -1.92. The first-order chi connectivity index (χ1) is 12.3. The fraction of sp³-hybridized carbons (Fsp3) is 0.474. The SMILES string of the molecule is O=C(Nc1nc2c(s1)CCCC2)c1ccc(OC[C@@H]2CCCO2)cc1. The number of hydrogen-bond acceptors (Lipinski definition) is 5. The maximum Gasteiger partial charge on any atom is 0.257 e. The molecule has 0 spiro atoms. The lowest BCUT2D eigenvalue weighted by atomic mass is 10.0. The predicted molar refractivity (Wildman–Crippen MR) is 97.6 cm³/mol. The molecule has 1 N–H and O–H groups in total. The van der Waals surface area contributed by atoms with Crippen LogP contribution in [0, 0.1) is 0 Å². The molecule has 1 atom stereocenters. The first kappa shape index (κ1) is 16.5. The van der Waals surface area contributed by atoms with Gasteiger partial charge in [0.05, 0.1) is 11.8 Å². The number of rotatable bonds is 5. The summed E-state index contributed by atoms with van der Waals surface area (Å²) in [5.74, 6) is 0.633. The van der Waals surface area contributed by atoms with Gasteiger partial charge in [-0.1, -0.05) is 0 Å². The van der Waals surface area contributed by atoms with Crippen LogP contribution in [-0.2, 0) is 17.6 Å². The van der Waals surface area contributed by atoms with Crippen molar-refractivity contribution in [3.8, 4) is 5.75 Å². The molecule has 1 aromatic heterocycles. The third-order valence-corrected chi connectivity index (χ3v) is 5.72. The number of amides is 1. The molecule has 0 unspecified atom stereocenters. The van der Waals surface area contributed by atoms with Crippen LogP contribution in [0.1, 0.15) is 46.6 Å². The molecule has 1 amide bonds. The summed E-state index contributed by atoms with van der Waals surface area (Å²) in [6, 6.07) is 7.23. The number of ether oxygens (including phenoxy) is 2. The second kappa shape index (κ2) is 7.54. The van der Waals surface area contributed by atoms with E-state index in [1.807, 2.05) is 12.1 Å². The number of nitrogens with zero attached hydrogens (tertiary/aromatic N) is 1. The lowest BCUT2D eigenvalue weighted by Gasteiger charge is -2.11. The second-order valence-electron chi connectivity index (χ2n) is 6.52. The largest absolute Gasteiger partial charge is 0.491 e. The molecule has 0 bridgehead atoms. The molecular weight excluding hydrogens is 336 g/mol. The van der Waals surface area contributed by atoms with E-state index in [4.69, 9.17) is 9.47 Å². The van der Waals surface area contributed by atoms with E-state index < -0.39 is 0 Å². The van der Waals surface area contributed by atoms with Gasteiger partial charge < -0.3 is 9.47 Å². The Morgan fingerprint density at radius 2 is 2.08 bits per heavy atom. The number of hydrogen-bond donors (Lipinski definition) is 1. The van der Waals surface area contributed by atoms with Crippen LogP contribution >= 0.6 is 11.3 Å². The van der Waals surface area contributed by atoms with Gasteiger partial charge in [-0.25, -0.2) is 4.98 Å². The molecule has 4 rings (SSSR count). The van der Waals surface area contributed by atoms with Crippen LogP contribution in [0.4, 0.5) is 5.13 Å². The van der Waals surface area contributed by atoms with Crippen LogP contribution in [0.25, 0.3) is 0 Å². The van der Waals surface area contributed by atoms with Crippen molar-refractivity contribution >= 4 is 22.4 Å². The van der Waals surface area contributed by atoms with Crippen molar-refractivity contribution in [2.75, 3.05) is 18.5 Å². The van der Waals surface area contributed by atoms with Crippen molar-refractivity contribution in [1.82, 2.24) is 4.98 Å². The highest BCUT2D eigenvalue weighted by Gasteiger charge is 2.18. The highest BCUT2D eigenvalue weighted by Crippen LogP contribution is 2.29. The van der Waals surface area contributed by atoms with Crippen molar-refractivity contribution < 1.29 is 14.3 Å². The molecule has 2 aromatic rings. The Kier molecular flexibility index (Phi) is 4.99. The molecule has 0 saturated carbocycles. The number of thiazole rings is 1. The highest BCUT2D eigenvalue weighted by atomic mass is 32.1. The van der Waals surface area contributed by atoms with Gasteiger partial charge >= 0.3 is 0 Å². The van der Waals surface area contributed by atoms with E-state index in [0.29, 0.717) is 17.3 Å². The fourth-order valence-electron chi connectivity index (χ4n) is 3.24. The Labute approximate surface area is 151 Å². The number of carbonyl (C=O) groups excluding carboxylic acids is 1. The third kappa shape index (κ3) is 4.02. The predicted octanol–water partition coefficient (Wildman–Crippen LogP) is 3.83. The van der Waals surface area contributed by atoms with Gasteiger partial charge in [0, 0.05) is 17.0 Å². The fourth-order valence-corrected chi connectivity index (χ4v) is 4.29. The summed E-state index contributed by atoms with van der Waals surface area (Å²) in [4.78, 5) is 18.3. The van der Waals surface area contributed by atoms with E-state index in [0.717, 1.165) is 43.7 Å². The summed E-state index contributed by atoms with van der Waals surface area (Å²) in [6.07, 6.45) is 6.87. The Morgan fingerprint density at radius 3 is 2.84 bits per heavy atom. The monoisotopic (exact) mass is 358 g/mol. The van der Waals surface area contributed by atoms with Crippen molar-refractivity contribution in [1.29, 1.82) is 0 Å². The summed E-state index contributed by atoms with van der Waals surface area (Å²) in [6.45, 7) is 1.39. The first-order valence-electron chi connectivity index (χ1n) is 8.92. The number of nitrogens with one attached hydrogen (secondary N) is 1. The summed E-state index contributed by atoms with van der Waals surface area (Å²) in [5, 5.41) is 3.62. The first-order valence-corrected chi connectivity index (χ1v) is 9.74. The molecule has 1 fully saturated rings. The van der Waals surface area contributed by atoms with Gasteiger partial charge in [-0.2, -0.15) is 0 Å². The molecule has 6 heteroatoms. The van der Waals surface area contributed by atoms with Gasteiger partial charge in [0.1, 0.15) is 12.4 Å². The van der Waals surface area contributed by atoms with E-state index in [2.05, 4.69) is 10.3 Å². The minimum absolute atomic E-state index is 0.128. The minimum Gasteiger partial charge on any atom is -0.491 e. The Morgan fingerprint density at radius 1 is 1.24 bits per heavy atom. The van der Waals surface area contributed by atoms with Crippen LogP contribution < -0.4 is 10.1 Å². The second-order valence-corrected chi connectivity index (χ2v) is 7.60. The highest BCUT2D eigenvalue weighted by molar-refractivity contribution is 7.15. The van der Waals surface area contributed by atoms with Crippen molar-refractivity contribution in [2.24, 2.45) is 0 Å². The molecule has 132 valence electrons. The van der Waals surface area contributed by atoms with Gasteiger partial charge in [-0.3, -0.25) is 10.1 Å². The zero-order valence-corrected chi connectivity index (χ0v) is 14.9. The van der Waals surface area contributed by atoms with Gasteiger partial charge in [-0.05, 0) is 62.8 Å². The Bertz CT molecular complexity index is 712. The minimum atomic E-state index is -0.128. The molecule has 1 aliphatic carbocycles. The number of fused-ring (bicyclic) bond motifs is 1. The molecule has 1 aliphatic heterocycles. The molecule has 5 nitrogen and oxygen atoms in total. The summed E-state index contributed by atoms with van der Waals surface area (Å²) < 4.78 is 11.3. The number of aryl methyl sites for hydroxylation is 2. The summed E-state index contributed by atoms with van der Waals surface area (Å²) in [7, 11) is 0. The maximum absolute atomic E-state index is 12.4.